The zero-order chi connectivity index (χ0) is 16.7. The summed E-state index contributed by atoms with van der Waals surface area (Å²) in [6.07, 6.45) is 4.65. The van der Waals surface area contributed by atoms with Crippen molar-refractivity contribution in [1.82, 2.24) is 10.2 Å². The van der Waals surface area contributed by atoms with E-state index >= 15 is 0 Å². The van der Waals surface area contributed by atoms with Gasteiger partial charge in [-0.3, -0.25) is 9.69 Å². The summed E-state index contributed by atoms with van der Waals surface area (Å²) in [5.74, 6) is 1.52. The summed E-state index contributed by atoms with van der Waals surface area (Å²) < 4.78 is 5.19. The van der Waals surface area contributed by atoms with Gasteiger partial charge in [0, 0.05) is 26.6 Å². The number of nitrogens with zero attached hydrogens (tertiary/aromatic N) is 1. The lowest BCUT2D eigenvalue weighted by Gasteiger charge is -2.33. The molecule has 126 valence electrons. The number of hydrogen-bond acceptors (Lipinski definition) is 3. The summed E-state index contributed by atoms with van der Waals surface area (Å²) >= 11 is 0. The van der Waals surface area contributed by atoms with Gasteiger partial charge in [-0.2, -0.15) is 0 Å². The molecule has 1 atom stereocenters. The van der Waals surface area contributed by atoms with Crippen LogP contribution in [-0.4, -0.2) is 44.1 Å². The molecule has 1 aliphatic rings. The van der Waals surface area contributed by atoms with E-state index < -0.39 is 0 Å². The van der Waals surface area contributed by atoms with Gasteiger partial charge in [0.05, 0.1) is 7.11 Å². The first kappa shape index (κ1) is 17.5. The molecule has 1 aliphatic heterocycles. The van der Waals surface area contributed by atoms with Gasteiger partial charge in [0.2, 0.25) is 5.91 Å². The molecule has 1 amide bonds. The Kier molecular flexibility index (Phi) is 6.66. The topological polar surface area (TPSA) is 41.6 Å². The molecule has 23 heavy (non-hydrogen) atoms. The molecule has 1 fully saturated rings. The maximum Gasteiger partial charge on any atom is 0.216 e. The fourth-order valence-electron chi connectivity index (χ4n) is 3.13. The molecule has 4 heteroatoms. The summed E-state index contributed by atoms with van der Waals surface area (Å²) in [4.78, 5) is 13.5. The van der Waals surface area contributed by atoms with Gasteiger partial charge in [0.1, 0.15) is 5.75 Å². The predicted molar refractivity (Wildman–Crippen MR) is 94.5 cm³/mol. The van der Waals surface area contributed by atoms with E-state index in [1.54, 1.807) is 14.0 Å². The predicted octanol–water partition coefficient (Wildman–Crippen LogP) is 2.95. The fourth-order valence-corrected chi connectivity index (χ4v) is 3.13. The zero-order valence-corrected chi connectivity index (χ0v) is 14.5. The van der Waals surface area contributed by atoms with E-state index in [0.29, 0.717) is 5.92 Å². The number of ether oxygens (including phenoxy) is 1. The molecule has 1 aromatic carbocycles. The van der Waals surface area contributed by atoms with E-state index in [2.05, 4.69) is 35.3 Å². The number of piperidine rings is 1. The Labute approximate surface area is 139 Å². The average Bonchev–Trinajstić information content (AvgIpc) is 2.54. The average molecular weight is 316 g/mol. The van der Waals surface area contributed by atoms with Crippen LogP contribution < -0.4 is 10.1 Å². The quantitative estimate of drug-likeness (QED) is 0.877. The Hall–Kier alpha value is -1.81. The zero-order valence-electron chi connectivity index (χ0n) is 14.5. The van der Waals surface area contributed by atoms with E-state index in [1.807, 2.05) is 12.1 Å². The number of amides is 1. The minimum Gasteiger partial charge on any atom is -0.497 e. The van der Waals surface area contributed by atoms with Gasteiger partial charge in [-0.25, -0.2) is 0 Å². The molecule has 1 saturated heterocycles. The number of rotatable bonds is 6. The molecular weight excluding hydrogens is 288 g/mol. The Balaban J connectivity index is 1.86. The highest BCUT2D eigenvalue weighted by atomic mass is 16.5. The van der Waals surface area contributed by atoms with E-state index in [9.17, 15) is 4.79 Å². The number of methoxy groups -OCH3 is 1. The normalized spacial score (nSPS) is 19.4. The molecule has 1 unspecified atom stereocenters. The summed E-state index contributed by atoms with van der Waals surface area (Å²) in [6.45, 7) is 7.76. The number of hydrogen-bond donors (Lipinski definition) is 1. The Morgan fingerprint density at radius 2 is 2.09 bits per heavy atom. The summed E-state index contributed by atoms with van der Waals surface area (Å²) in [7, 11) is 1.68. The third-order valence-corrected chi connectivity index (χ3v) is 4.24. The Morgan fingerprint density at radius 1 is 1.35 bits per heavy atom. The second-order valence-corrected chi connectivity index (χ2v) is 6.44. The summed E-state index contributed by atoms with van der Waals surface area (Å²) in [5, 5.41) is 2.95. The second kappa shape index (κ2) is 8.73. The maximum atomic E-state index is 11.1. The monoisotopic (exact) mass is 316 g/mol. The third-order valence-electron chi connectivity index (χ3n) is 4.24. The van der Waals surface area contributed by atoms with Gasteiger partial charge in [-0.1, -0.05) is 23.8 Å². The van der Waals surface area contributed by atoms with Crippen molar-refractivity contribution in [2.75, 3.05) is 33.3 Å². The largest absolute Gasteiger partial charge is 0.497 e. The molecule has 0 spiro atoms. The van der Waals surface area contributed by atoms with Gasteiger partial charge >= 0.3 is 0 Å². The van der Waals surface area contributed by atoms with E-state index in [4.69, 9.17) is 4.74 Å². The Bertz CT molecular complexity index is 537. The molecule has 1 N–H and O–H groups in total. The lowest BCUT2D eigenvalue weighted by Crippen LogP contribution is -2.41. The maximum absolute atomic E-state index is 11.1. The van der Waals surface area contributed by atoms with Crippen molar-refractivity contribution in [1.29, 1.82) is 0 Å². The van der Waals surface area contributed by atoms with Gasteiger partial charge in [-0.15, -0.1) is 0 Å². The van der Waals surface area contributed by atoms with Gasteiger partial charge < -0.3 is 10.1 Å². The van der Waals surface area contributed by atoms with Crippen molar-refractivity contribution in [3.8, 4) is 5.75 Å². The second-order valence-electron chi connectivity index (χ2n) is 6.44. The van der Waals surface area contributed by atoms with Crippen LogP contribution in [0.2, 0.25) is 0 Å². The van der Waals surface area contributed by atoms with Crippen molar-refractivity contribution in [3.05, 3.63) is 35.4 Å². The van der Waals surface area contributed by atoms with Crippen LogP contribution in [0.5, 0.6) is 5.75 Å². The first-order valence-electron chi connectivity index (χ1n) is 8.35. The van der Waals surface area contributed by atoms with Crippen LogP contribution >= 0.6 is 0 Å². The molecule has 0 bridgehead atoms. The van der Waals surface area contributed by atoms with E-state index in [1.165, 1.54) is 24.0 Å². The SMILES string of the molecule is COc1ccc(C=C(C)CN2CCCC(CNC(C)=O)C2)cc1. The minimum absolute atomic E-state index is 0.0673. The lowest BCUT2D eigenvalue weighted by molar-refractivity contribution is -0.119. The Morgan fingerprint density at radius 3 is 2.74 bits per heavy atom. The number of carbonyl (C=O) groups excluding carboxylic acids is 1. The van der Waals surface area contributed by atoms with E-state index in [0.717, 1.165) is 31.9 Å². The summed E-state index contributed by atoms with van der Waals surface area (Å²) in [6, 6.07) is 8.14. The minimum atomic E-state index is 0.0673. The van der Waals surface area contributed by atoms with Crippen LogP contribution in [0.3, 0.4) is 0 Å². The van der Waals surface area contributed by atoms with Crippen molar-refractivity contribution in [2.24, 2.45) is 5.92 Å². The van der Waals surface area contributed by atoms with Crippen LogP contribution in [0.15, 0.2) is 29.8 Å². The van der Waals surface area contributed by atoms with Crippen molar-refractivity contribution in [3.63, 3.8) is 0 Å². The number of likely N-dealkylation sites (tertiary alicyclic amines) is 1. The van der Waals surface area contributed by atoms with E-state index in [-0.39, 0.29) is 5.91 Å². The summed E-state index contributed by atoms with van der Waals surface area (Å²) in [5.41, 5.74) is 2.56. The first-order chi connectivity index (χ1) is 11.1. The highest BCUT2D eigenvalue weighted by Crippen LogP contribution is 2.18. The van der Waals surface area contributed by atoms with Crippen LogP contribution in [-0.2, 0) is 4.79 Å². The molecular formula is C19H28N2O2. The molecule has 0 saturated carbocycles. The van der Waals surface area contributed by atoms with Gasteiger partial charge in [0.15, 0.2) is 0 Å². The first-order valence-corrected chi connectivity index (χ1v) is 8.35. The molecule has 4 nitrogen and oxygen atoms in total. The molecule has 1 heterocycles. The molecule has 0 aromatic heterocycles. The van der Waals surface area contributed by atoms with Crippen molar-refractivity contribution >= 4 is 12.0 Å². The van der Waals surface area contributed by atoms with Crippen LogP contribution in [0.4, 0.5) is 0 Å². The van der Waals surface area contributed by atoms with Crippen LogP contribution in [0, 0.1) is 5.92 Å². The number of carbonyl (C=O) groups is 1. The molecule has 1 aromatic rings. The van der Waals surface area contributed by atoms with Crippen LogP contribution in [0.25, 0.3) is 6.08 Å². The molecule has 2 rings (SSSR count). The van der Waals surface area contributed by atoms with Crippen molar-refractivity contribution < 1.29 is 9.53 Å². The van der Waals surface area contributed by atoms with Crippen molar-refractivity contribution in [2.45, 2.75) is 26.7 Å². The standard InChI is InChI=1S/C19H28N2O2/c1-15(11-17-6-8-19(23-3)9-7-17)13-21-10-4-5-18(14-21)12-20-16(2)22/h6-9,11,18H,4-5,10,12-14H2,1-3H3,(H,20,22). The smallest absolute Gasteiger partial charge is 0.216 e. The highest BCUT2D eigenvalue weighted by molar-refractivity contribution is 5.72. The molecule has 0 radical (unpaired) electrons. The highest BCUT2D eigenvalue weighted by Gasteiger charge is 2.19. The van der Waals surface area contributed by atoms with Gasteiger partial charge in [-0.05, 0) is 49.9 Å². The number of benzene rings is 1. The fraction of sp³-hybridized carbons (Fsp3) is 0.526. The van der Waals surface area contributed by atoms with Crippen LogP contribution in [0.1, 0.15) is 32.3 Å². The molecule has 0 aliphatic carbocycles. The lowest BCUT2D eigenvalue weighted by atomic mass is 9.97. The van der Waals surface area contributed by atoms with Gasteiger partial charge in [0.25, 0.3) is 0 Å². The number of nitrogens with one attached hydrogen (secondary N) is 1. The third kappa shape index (κ3) is 6.06.